The fraction of sp³-hybridized carbons (Fsp3) is 0.222. The average molecular weight is 146 g/mol. The molecule has 0 saturated heterocycles. The third kappa shape index (κ3) is 2.72. The van der Waals surface area contributed by atoms with E-state index in [2.05, 4.69) is 16.3 Å². The number of terminal acetylenes is 1. The SMILES string of the molecule is C#CNCCc1ccncc1. The molecule has 0 spiro atoms. The third-order valence-corrected chi connectivity index (χ3v) is 1.39. The van der Waals surface area contributed by atoms with E-state index < -0.39 is 0 Å². The number of nitrogens with one attached hydrogen (secondary N) is 1. The van der Waals surface area contributed by atoms with E-state index in [1.54, 1.807) is 12.4 Å². The normalized spacial score (nSPS) is 8.64. The van der Waals surface area contributed by atoms with Crippen LogP contribution in [0.3, 0.4) is 0 Å². The van der Waals surface area contributed by atoms with Crippen LogP contribution in [-0.2, 0) is 6.42 Å². The fourth-order valence-electron chi connectivity index (χ4n) is 0.828. The third-order valence-electron chi connectivity index (χ3n) is 1.39. The molecule has 2 nitrogen and oxygen atoms in total. The maximum Gasteiger partial charge on any atom is 0.0270 e. The minimum Gasteiger partial charge on any atom is -0.346 e. The van der Waals surface area contributed by atoms with E-state index in [0.29, 0.717) is 0 Å². The van der Waals surface area contributed by atoms with Crippen molar-refractivity contribution in [1.82, 2.24) is 10.3 Å². The number of hydrogen-bond donors (Lipinski definition) is 1. The monoisotopic (exact) mass is 146 g/mol. The lowest BCUT2D eigenvalue weighted by Gasteiger charge is -1.97. The second-order valence-electron chi connectivity index (χ2n) is 2.18. The molecule has 1 N–H and O–H groups in total. The molecule has 0 aliphatic heterocycles. The molecule has 0 bridgehead atoms. The zero-order chi connectivity index (χ0) is 7.94. The summed E-state index contributed by atoms with van der Waals surface area (Å²) in [6.07, 6.45) is 9.54. The fourth-order valence-corrected chi connectivity index (χ4v) is 0.828. The van der Waals surface area contributed by atoms with E-state index in [1.165, 1.54) is 5.56 Å². The molecule has 2 heteroatoms. The van der Waals surface area contributed by atoms with Crippen molar-refractivity contribution in [3.8, 4) is 12.5 Å². The quantitative estimate of drug-likeness (QED) is 0.387. The van der Waals surface area contributed by atoms with Crippen molar-refractivity contribution < 1.29 is 0 Å². The van der Waals surface area contributed by atoms with Gasteiger partial charge in [-0.3, -0.25) is 4.98 Å². The predicted octanol–water partition coefficient (Wildman–Crippen LogP) is 0.804. The van der Waals surface area contributed by atoms with Gasteiger partial charge in [0, 0.05) is 25.0 Å². The summed E-state index contributed by atoms with van der Waals surface area (Å²) >= 11 is 0. The number of nitrogens with zero attached hydrogens (tertiary/aromatic N) is 1. The van der Waals surface area contributed by atoms with Gasteiger partial charge >= 0.3 is 0 Å². The van der Waals surface area contributed by atoms with Crippen molar-refractivity contribution >= 4 is 0 Å². The van der Waals surface area contributed by atoms with E-state index in [1.807, 2.05) is 12.1 Å². The van der Waals surface area contributed by atoms with Crippen molar-refractivity contribution in [3.63, 3.8) is 0 Å². The van der Waals surface area contributed by atoms with Crippen molar-refractivity contribution in [2.24, 2.45) is 0 Å². The van der Waals surface area contributed by atoms with Gasteiger partial charge in [0.15, 0.2) is 0 Å². The molecule has 56 valence electrons. The van der Waals surface area contributed by atoms with Gasteiger partial charge in [0.1, 0.15) is 0 Å². The Morgan fingerprint density at radius 3 is 2.82 bits per heavy atom. The molecule has 1 rings (SSSR count). The molecular formula is C9H10N2. The van der Waals surface area contributed by atoms with Crippen LogP contribution in [0.15, 0.2) is 24.5 Å². The van der Waals surface area contributed by atoms with Crippen LogP contribution in [0.5, 0.6) is 0 Å². The summed E-state index contributed by atoms with van der Waals surface area (Å²) in [7, 11) is 0. The van der Waals surface area contributed by atoms with Crippen molar-refractivity contribution in [2.45, 2.75) is 6.42 Å². The van der Waals surface area contributed by atoms with Gasteiger partial charge in [-0.05, 0) is 24.1 Å². The molecule has 0 radical (unpaired) electrons. The summed E-state index contributed by atoms with van der Waals surface area (Å²) in [5.74, 6) is 0. The molecule has 0 saturated carbocycles. The van der Waals surface area contributed by atoms with E-state index in [0.717, 1.165) is 13.0 Å². The highest BCUT2D eigenvalue weighted by atomic mass is 14.8. The largest absolute Gasteiger partial charge is 0.346 e. The Labute approximate surface area is 66.7 Å². The van der Waals surface area contributed by atoms with Crippen LogP contribution in [0.25, 0.3) is 0 Å². The minimum atomic E-state index is 0.820. The highest BCUT2D eigenvalue weighted by molar-refractivity contribution is 5.10. The van der Waals surface area contributed by atoms with Gasteiger partial charge in [0.05, 0.1) is 0 Å². The zero-order valence-electron chi connectivity index (χ0n) is 6.25. The molecule has 0 atom stereocenters. The van der Waals surface area contributed by atoms with Crippen molar-refractivity contribution in [2.75, 3.05) is 6.54 Å². The van der Waals surface area contributed by atoms with Crippen molar-refractivity contribution in [3.05, 3.63) is 30.1 Å². The lowest BCUT2D eigenvalue weighted by molar-refractivity contribution is 0.853. The van der Waals surface area contributed by atoms with Gasteiger partial charge in [-0.2, -0.15) is 0 Å². The number of pyridine rings is 1. The lowest BCUT2D eigenvalue weighted by atomic mass is 10.2. The standard InChI is InChI=1S/C9H10N2/c1-2-10-6-3-9-4-7-11-8-5-9/h1,4-5,7-8,10H,3,6H2. The van der Waals surface area contributed by atoms with Crippen LogP contribution in [-0.4, -0.2) is 11.5 Å². The molecule has 1 aromatic heterocycles. The molecule has 0 aliphatic carbocycles. The van der Waals surface area contributed by atoms with Crippen LogP contribution in [0.4, 0.5) is 0 Å². The number of hydrogen-bond acceptors (Lipinski definition) is 2. The summed E-state index contributed by atoms with van der Waals surface area (Å²) in [4.78, 5) is 3.91. The molecule has 0 fully saturated rings. The smallest absolute Gasteiger partial charge is 0.0270 e. The van der Waals surface area contributed by atoms with E-state index in [9.17, 15) is 0 Å². The molecule has 0 aliphatic rings. The van der Waals surface area contributed by atoms with Crippen LogP contribution in [0.1, 0.15) is 5.56 Å². The van der Waals surface area contributed by atoms with Crippen LogP contribution < -0.4 is 5.32 Å². The van der Waals surface area contributed by atoms with Gasteiger partial charge in [-0.1, -0.05) is 6.42 Å². The van der Waals surface area contributed by atoms with Crippen LogP contribution in [0.2, 0.25) is 0 Å². The average Bonchev–Trinajstić information content (AvgIpc) is 2.07. The first kappa shape index (κ1) is 7.62. The second-order valence-corrected chi connectivity index (χ2v) is 2.18. The van der Waals surface area contributed by atoms with E-state index >= 15 is 0 Å². The van der Waals surface area contributed by atoms with E-state index in [-0.39, 0.29) is 0 Å². The first-order chi connectivity index (χ1) is 5.43. The van der Waals surface area contributed by atoms with E-state index in [4.69, 9.17) is 6.42 Å². The zero-order valence-corrected chi connectivity index (χ0v) is 6.25. The first-order valence-electron chi connectivity index (χ1n) is 3.51. The first-order valence-corrected chi connectivity index (χ1v) is 3.51. The summed E-state index contributed by atoms with van der Waals surface area (Å²) in [5.41, 5.74) is 1.25. The number of aromatic nitrogens is 1. The maximum absolute atomic E-state index is 5.02. The molecule has 1 heterocycles. The summed E-state index contributed by atoms with van der Waals surface area (Å²) < 4.78 is 0. The maximum atomic E-state index is 5.02. The summed E-state index contributed by atoms with van der Waals surface area (Å²) in [6.45, 7) is 0.820. The highest BCUT2D eigenvalue weighted by Gasteiger charge is 1.88. The Hall–Kier alpha value is -1.49. The second kappa shape index (κ2) is 4.35. The Kier molecular flexibility index (Phi) is 3.01. The highest BCUT2D eigenvalue weighted by Crippen LogP contribution is 1.95. The predicted molar refractivity (Wildman–Crippen MR) is 44.8 cm³/mol. The van der Waals surface area contributed by atoms with Gasteiger partial charge in [-0.15, -0.1) is 0 Å². The van der Waals surface area contributed by atoms with Gasteiger partial charge in [-0.25, -0.2) is 0 Å². The molecule has 11 heavy (non-hydrogen) atoms. The Morgan fingerprint density at radius 1 is 1.45 bits per heavy atom. The van der Waals surface area contributed by atoms with Gasteiger partial charge < -0.3 is 5.32 Å². The minimum absolute atomic E-state index is 0.820. The molecule has 0 amide bonds. The van der Waals surface area contributed by atoms with Crippen molar-refractivity contribution in [1.29, 1.82) is 0 Å². The molecule has 0 unspecified atom stereocenters. The van der Waals surface area contributed by atoms with Crippen LogP contribution >= 0.6 is 0 Å². The summed E-state index contributed by atoms with van der Waals surface area (Å²) in [5, 5.41) is 2.80. The van der Waals surface area contributed by atoms with Gasteiger partial charge in [0.25, 0.3) is 0 Å². The topological polar surface area (TPSA) is 24.9 Å². The Balaban J connectivity index is 2.35. The number of rotatable bonds is 3. The van der Waals surface area contributed by atoms with Gasteiger partial charge in [0.2, 0.25) is 0 Å². The lowest BCUT2D eigenvalue weighted by Crippen LogP contribution is -2.09. The van der Waals surface area contributed by atoms with Crippen LogP contribution in [0, 0.1) is 12.5 Å². The Bertz CT molecular complexity index is 235. The summed E-state index contributed by atoms with van der Waals surface area (Å²) in [6, 6.07) is 6.34. The molecule has 1 aromatic rings. The molecule has 0 aromatic carbocycles. The Morgan fingerprint density at radius 2 is 2.18 bits per heavy atom. The molecular weight excluding hydrogens is 136 g/mol.